The Balaban J connectivity index is 1.90. The van der Waals surface area contributed by atoms with Gasteiger partial charge in [0.2, 0.25) is 0 Å². The molecule has 0 unspecified atom stereocenters. The van der Waals surface area contributed by atoms with Crippen LogP contribution in [0.1, 0.15) is 37.7 Å². The number of nitrogens with zero attached hydrogens (tertiary/aromatic N) is 1. The molecular weight excluding hydrogens is 270 g/mol. The van der Waals surface area contributed by atoms with E-state index >= 15 is 0 Å². The molecule has 4 heteroatoms. The molecule has 3 rings (SSSR count). The molecule has 0 radical (unpaired) electrons. The van der Waals surface area contributed by atoms with Crippen molar-refractivity contribution in [1.29, 1.82) is 0 Å². The van der Waals surface area contributed by atoms with Gasteiger partial charge in [0.1, 0.15) is 5.60 Å². The second-order valence-electron chi connectivity index (χ2n) is 5.89. The van der Waals surface area contributed by atoms with Crippen molar-refractivity contribution in [2.24, 2.45) is 4.99 Å². The summed E-state index contributed by atoms with van der Waals surface area (Å²) in [5, 5.41) is 10.6. The zero-order chi connectivity index (χ0) is 14.2. The van der Waals surface area contributed by atoms with Crippen LogP contribution in [0.15, 0.2) is 34.2 Å². The maximum atomic E-state index is 12.8. The van der Waals surface area contributed by atoms with Crippen LogP contribution in [0.25, 0.3) is 0 Å². The average molecular weight is 291 g/mol. The third-order valence-electron chi connectivity index (χ3n) is 4.38. The van der Waals surface area contributed by atoms with Gasteiger partial charge in [-0.1, -0.05) is 17.7 Å². The Kier molecular flexibility index (Phi) is 3.78. The van der Waals surface area contributed by atoms with Gasteiger partial charge in [0, 0.05) is 11.4 Å². The second kappa shape index (κ2) is 5.41. The highest BCUT2D eigenvalue weighted by atomic mass is 32.2. The fraction of sp³-hybridized carbons (Fsp3) is 0.562. The fourth-order valence-corrected chi connectivity index (χ4v) is 4.87. The maximum absolute atomic E-state index is 12.8. The second-order valence-corrected chi connectivity index (χ2v) is 7.53. The lowest BCUT2D eigenvalue weighted by Crippen LogP contribution is -2.51. The van der Waals surface area contributed by atoms with Crippen LogP contribution in [0, 0.1) is 6.92 Å². The molecule has 1 aromatic rings. The number of hydrogen-bond donors (Lipinski definition) is 1. The summed E-state index contributed by atoms with van der Waals surface area (Å²) in [4.78, 5) is 5.39. The van der Waals surface area contributed by atoms with E-state index in [-0.39, 0.29) is 5.25 Å². The van der Waals surface area contributed by atoms with E-state index in [1.54, 1.807) is 0 Å². The van der Waals surface area contributed by atoms with E-state index in [0.717, 1.165) is 49.3 Å². The lowest BCUT2D eigenvalue weighted by molar-refractivity contribution is 0.0741. The number of aliphatic hydroxyl groups is 1. The highest BCUT2D eigenvalue weighted by Crippen LogP contribution is 2.36. The van der Waals surface area contributed by atoms with Crippen molar-refractivity contribution in [1.82, 2.24) is 0 Å². The highest BCUT2D eigenvalue weighted by molar-refractivity contribution is 7.86. The van der Waals surface area contributed by atoms with Crippen LogP contribution in [-0.2, 0) is 10.8 Å². The van der Waals surface area contributed by atoms with Gasteiger partial charge in [0.25, 0.3) is 0 Å². The van der Waals surface area contributed by atoms with Crippen LogP contribution < -0.4 is 0 Å². The Hall–Kier alpha value is -1.00. The lowest BCUT2D eigenvalue weighted by Gasteiger charge is -2.40. The lowest BCUT2D eigenvalue weighted by atomic mass is 9.78. The van der Waals surface area contributed by atoms with Crippen molar-refractivity contribution in [3.8, 4) is 0 Å². The molecule has 3 nitrogen and oxygen atoms in total. The van der Waals surface area contributed by atoms with Crippen LogP contribution in [0.4, 0.5) is 0 Å². The Morgan fingerprint density at radius 2 is 1.95 bits per heavy atom. The Bertz CT molecular complexity index is 552. The van der Waals surface area contributed by atoms with Gasteiger partial charge < -0.3 is 5.11 Å². The van der Waals surface area contributed by atoms with Crippen LogP contribution in [-0.4, -0.2) is 32.4 Å². The van der Waals surface area contributed by atoms with Crippen LogP contribution in [0.3, 0.4) is 0 Å². The first-order valence-electron chi connectivity index (χ1n) is 7.35. The van der Waals surface area contributed by atoms with Gasteiger partial charge in [-0.3, -0.25) is 9.20 Å². The molecule has 1 aromatic carbocycles. The summed E-state index contributed by atoms with van der Waals surface area (Å²) in [6.45, 7) is 2.79. The maximum Gasteiger partial charge on any atom is 0.103 e. The van der Waals surface area contributed by atoms with Gasteiger partial charge in [-0.15, -0.1) is 0 Å². The molecule has 20 heavy (non-hydrogen) atoms. The smallest absolute Gasteiger partial charge is 0.103 e. The Labute approximate surface area is 122 Å². The summed E-state index contributed by atoms with van der Waals surface area (Å²) < 4.78 is 12.8. The van der Waals surface area contributed by atoms with E-state index in [9.17, 15) is 9.32 Å². The minimum Gasteiger partial charge on any atom is -0.384 e. The van der Waals surface area contributed by atoms with Gasteiger partial charge in [-0.25, -0.2) is 0 Å². The normalized spacial score (nSPS) is 31.3. The summed E-state index contributed by atoms with van der Waals surface area (Å²) in [6, 6.07) is 7.85. The number of fused-ring (bicyclic) bond motifs is 1. The number of aryl methyl sites for hydroxylation is 1. The molecule has 1 N–H and O–H groups in total. The standard InChI is InChI=1S/C16H21NO2S/c1-12-5-7-13(8-6-12)20(19)14-4-2-9-16(18)10-3-11-17-15(14)16/h5-8,14,18H,2-4,9-11H2,1H3/t14-,16-,20+/m1/s1. The first-order valence-corrected chi connectivity index (χ1v) is 8.56. The zero-order valence-electron chi connectivity index (χ0n) is 11.8. The minimum absolute atomic E-state index is 0.114. The molecule has 0 bridgehead atoms. The van der Waals surface area contributed by atoms with Gasteiger partial charge in [0.05, 0.1) is 21.8 Å². The molecule has 2 aliphatic rings. The Morgan fingerprint density at radius 3 is 2.70 bits per heavy atom. The van der Waals surface area contributed by atoms with Gasteiger partial charge in [-0.05, 0) is 51.2 Å². The predicted molar refractivity (Wildman–Crippen MR) is 81.7 cm³/mol. The van der Waals surface area contributed by atoms with Gasteiger partial charge in [0.15, 0.2) is 0 Å². The van der Waals surface area contributed by atoms with E-state index in [1.807, 2.05) is 31.2 Å². The fourth-order valence-electron chi connectivity index (χ4n) is 3.26. The van der Waals surface area contributed by atoms with E-state index in [1.165, 1.54) is 5.56 Å². The van der Waals surface area contributed by atoms with Gasteiger partial charge >= 0.3 is 0 Å². The van der Waals surface area contributed by atoms with E-state index in [0.29, 0.717) is 0 Å². The average Bonchev–Trinajstić information content (AvgIpc) is 2.46. The number of rotatable bonds is 2. The van der Waals surface area contributed by atoms with E-state index in [2.05, 4.69) is 4.99 Å². The van der Waals surface area contributed by atoms with Gasteiger partial charge in [-0.2, -0.15) is 0 Å². The highest BCUT2D eigenvalue weighted by Gasteiger charge is 2.44. The summed E-state index contributed by atoms with van der Waals surface area (Å²) >= 11 is 0. The molecule has 1 fully saturated rings. The molecule has 0 spiro atoms. The number of benzene rings is 1. The molecule has 0 amide bonds. The topological polar surface area (TPSA) is 49.7 Å². The largest absolute Gasteiger partial charge is 0.384 e. The summed E-state index contributed by atoms with van der Waals surface area (Å²) in [5.41, 5.74) is 1.18. The molecule has 1 aliphatic carbocycles. The monoisotopic (exact) mass is 291 g/mol. The summed E-state index contributed by atoms with van der Waals surface area (Å²) in [7, 11) is -1.11. The molecule has 1 saturated carbocycles. The van der Waals surface area contributed by atoms with Crippen molar-refractivity contribution in [2.75, 3.05) is 6.54 Å². The van der Waals surface area contributed by atoms with E-state index in [4.69, 9.17) is 0 Å². The number of hydrogen-bond acceptors (Lipinski definition) is 3. The SMILES string of the molecule is Cc1ccc([S@](=O)[C@@H]2CCC[C@@]3(O)CCCN=C23)cc1. The summed E-state index contributed by atoms with van der Waals surface area (Å²) in [5.74, 6) is 0. The van der Waals surface area contributed by atoms with Crippen LogP contribution in [0.5, 0.6) is 0 Å². The van der Waals surface area contributed by atoms with Crippen molar-refractivity contribution >= 4 is 16.5 Å². The minimum atomic E-state index is -1.11. The number of aliphatic imine (C=N–C) groups is 1. The van der Waals surface area contributed by atoms with Crippen molar-refractivity contribution in [3.05, 3.63) is 29.8 Å². The third kappa shape index (κ3) is 2.47. The van der Waals surface area contributed by atoms with Crippen LogP contribution in [0.2, 0.25) is 0 Å². The quantitative estimate of drug-likeness (QED) is 0.910. The first kappa shape index (κ1) is 14.0. The van der Waals surface area contributed by atoms with Crippen molar-refractivity contribution in [2.45, 2.75) is 54.8 Å². The van der Waals surface area contributed by atoms with Crippen LogP contribution >= 0.6 is 0 Å². The van der Waals surface area contributed by atoms with Crippen molar-refractivity contribution in [3.63, 3.8) is 0 Å². The Morgan fingerprint density at radius 1 is 1.25 bits per heavy atom. The molecule has 0 saturated heterocycles. The summed E-state index contributed by atoms with van der Waals surface area (Å²) in [6.07, 6.45) is 4.27. The molecule has 0 aromatic heterocycles. The molecule has 1 aliphatic heterocycles. The third-order valence-corrected chi connectivity index (χ3v) is 6.09. The molecular formula is C16H21NO2S. The molecule has 108 valence electrons. The molecule has 1 heterocycles. The molecule has 3 atom stereocenters. The zero-order valence-corrected chi connectivity index (χ0v) is 12.7. The predicted octanol–water partition coefficient (Wildman–Crippen LogP) is 2.62. The van der Waals surface area contributed by atoms with E-state index < -0.39 is 16.4 Å². The van der Waals surface area contributed by atoms with Crippen molar-refractivity contribution < 1.29 is 9.32 Å². The first-order chi connectivity index (χ1) is 9.60.